The van der Waals surface area contributed by atoms with E-state index in [1.54, 1.807) is 12.1 Å². The van der Waals surface area contributed by atoms with Gasteiger partial charge in [0.2, 0.25) is 0 Å². The molecule has 2 aromatic rings. The van der Waals surface area contributed by atoms with Gasteiger partial charge in [0, 0.05) is 0 Å². The molecular formula is C24H27NO5. The van der Waals surface area contributed by atoms with Crippen LogP contribution in [0.4, 0.5) is 0 Å². The zero-order valence-electron chi connectivity index (χ0n) is 17.2. The lowest BCUT2D eigenvalue weighted by Crippen LogP contribution is -2.55. The van der Waals surface area contributed by atoms with E-state index in [1.807, 2.05) is 44.2 Å². The molecule has 0 aromatic heterocycles. The van der Waals surface area contributed by atoms with Gasteiger partial charge in [0.05, 0.1) is 23.3 Å². The van der Waals surface area contributed by atoms with Crippen molar-refractivity contribution in [2.75, 3.05) is 0 Å². The fraction of sp³-hybridized carbons (Fsp3) is 0.458. The summed E-state index contributed by atoms with van der Waals surface area (Å²) in [5.74, 6) is 0.795. The fourth-order valence-electron chi connectivity index (χ4n) is 4.10. The molecule has 1 saturated carbocycles. The minimum atomic E-state index is -1.26. The maximum absolute atomic E-state index is 10.5. The number of hydrogen-bond donors (Lipinski definition) is 3. The van der Waals surface area contributed by atoms with Gasteiger partial charge >= 0.3 is 0 Å². The number of benzene rings is 2. The first kappa shape index (κ1) is 20.8. The molecule has 1 heterocycles. The van der Waals surface area contributed by atoms with Crippen LogP contribution in [0.5, 0.6) is 5.75 Å². The fourth-order valence-corrected chi connectivity index (χ4v) is 4.10. The van der Waals surface area contributed by atoms with Crippen LogP contribution in [0.15, 0.2) is 42.5 Å². The topological polar surface area (TPSA) is 103 Å². The van der Waals surface area contributed by atoms with E-state index in [9.17, 15) is 20.6 Å². The Morgan fingerprint density at radius 2 is 1.80 bits per heavy atom. The van der Waals surface area contributed by atoms with Crippen LogP contribution in [-0.4, -0.2) is 45.3 Å². The molecule has 158 valence electrons. The van der Waals surface area contributed by atoms with Crippen molar-refractivity contribution >= 4 is 0 Å². The van der Waals surface area contributed by atoms with E-state index in [4.69, 9.17) is 9.47 Å². The SMILES string of the molecule is CC(C)Oc1ccc(Cc2cc([C@@H]3OC4(CC4)[C@@H](O)[C@H](O)[C@H]3O)ccc2C#N)cc1. The number of aliphatic hydroxyl groups excluding tert-OH is 3. The average Bonchev–Trinajstić information content (AvgIpc) is 3.51. The predicted octanol–water partition coefficient (Wildman–Crippen LogP) is 2.62. The van der Waals surface area contributed by atoms with Gasteiger partial charge in [-0.25, -0.2) is 0 Å². The number of nitrogens with zero attached hydrogens (tertiary/aromatic N) is 1. The smallest absolute Gasteiger partial charge is 0.119 e. The Labute approximate surface area is 176 Å². The molecule has 1 spiro atoms. The third-order valence-corrected chi connectivity index (χ3v) is 5.90. The number of rotatable bonds is 5. The minimum absolute atomic E-state index is 0.100. The summed E-state index contributed by atoms with van der Waals surface area (Å²) in [6.07, 6.45) is -2.39. The Morgan fingerprint density at radius 3 is 2.40 bits per heavy atom. The van der Waals surface area contributed by atoms with Crippen LogP contribution in [0.1, 0.15) is 55.0 Å². The largest absolute Gasteiger partial charge is 0.491 e. The Hall–Kier alpha value is -2.43. The van der Waals surface area contributed by atoms with Crippen molar-refractivity contribution in [1.29, 1.82) is 5.26 Å². The van der Waals surface area contributed by atoms with Crippen LogP contribution in [0, 0.1) is 11.3 Å². The van der Waals surface area contributed by atoms with Gasteiger partial charge in [0.25, 0.3) is 0 Å². The summed E-state index contributed by atoms with van der Waals surface area (Å²) in [6, 6.07) is 15.3. The van der Waals surface area contributed by atoms with Gasteiger partial charge in [-0.3, -0.25) is 0 Å². The zero-order valence-corrected chi connectivity index (χ0v) is 17.2. The maximum Gasteiger partial charge on any atom is 0.119 e. The third-order valence-electron chi connectivity index (χ3n) is 5.90. The normalized spacial score (nSPS) is 27.1. The van der Waals surface area contributed by atoms with Gasteiger partial charge < -0.3 is 24.8 Å². The number of nitriles is 1. The lowest BCUT2D eigenvalue weighted by molar-refractivity contribution is -0.236. The molecule has 0 bridgehead atoms. The van der Waals surface area contributed by atoms with E-state index in [-0.39, 0.29) is 6.10 Å². The molecule has 1 saturated heterocycles. The van der Waals surface area contributed by atoms with E-state index in [1.165, 1.54) is 0 Å². The molecule has 2 aromatic carbocycles. The number of hydrogen-bond acceptors (Lipinski definition) is 6. The molecule has 4 rings (SSSR count). The van der Waals surface area contributed by atoms with Crippen LogP contribution in [-0.2, 0) is 11.2 Å². The van der Waals surface area contributed by atoms with E-state index < -0.39 is 30.0 Å². The van der Waals surface area contributed by atoms with E-state index in [0.29, 0.717) is 30.4 Å². The highest BCUT2D eigenvalue weighted by Crippen LogP contribution is 2.51. The Morgan fingerprint density at radius 1 is 1.10 bits per heavy atom. The second-order valence-electron chi connectivity index (χ2n) is 8.54. The minimum Gasteiger partial charge on any atom is -0.491 e. The molecule has 0 unspecified atom stereocenters. The molecule has 2 fully saturated rings. The van der Waals surface area contributed by atoms with Crippen LogP contribution >= 0.6 is 0 Å². The first-order valence-electron chi connectivity index (χ1n) is 10.3. The highest BCUT2D eigenvalue weighted by molar-refractivity contribution is 5.44. The summed E-state index contributed by atoms with van der Waals surface area (Å²) in [7, 11) is 0. The van der Waals surface area contributed by atoms with Crippen LogP contribution in [0.25, 0.3) is 0 Å². The monoisotopic (exact) mass is 409 g/mol. The Kier molecular flexibility index (Phi) is 5.56. The van der Waals surface area contributed by atoms with Crippen LogP contribution in [0.2, 0.25) is 0 Å². The Bertz CT molecular complexity index is 945. The van der Waals surface area contributed by atoms with Crippen molar-refractivity contribution < 1.29 is 24.8 Å². The van der Waals surface area contributed by atoms with Crippen LogP contribution < -0.4 is 4.74 Å². The van der Waals surface area contributed by atoms with Crippen LogP contribution in [0.3, 0.4) is 0 Å². The quantitative estimate of drug-likeness (QED) is 0.702. The molecule has 6 heteroatoms. The summed E-state index contributed by atoms with van der Waals surface area (Å²) in [5.41, 5.74) is 2.30. The number of aliphatic hydroxyl groups is 3. The van der Waals surface area contributed by atoms with Gasteiger partial charge in [-0.15, -0.1) is 0 Å². The summed E-state index contributed by atoms with van der Waals surface area (Å²) >= 11 is 0. The van der Waals surface area contributed by atoms with E-state index in [2.05, 4.69) is 6.07 Å². The summed E-state index contributed by atoms with van der Waals surface area (Å²) in [6.45, 7) is 3.95. The first-order valence-corrected chi connectivity index (χ1v) is 10.3. The van der Waals surface area contributed by atoms with Crippen molar-refractivity contribution in [2.24, 2.45) is 0 Å². The highest BCUT2D eigenvalue weighted by atomic mass is 16.6. The van der Waals surface area contributed by atoms with Gasteiger partial charge in [0.15, 0.2) is 0 Å². The van der Waals surface area contributed by atoms with Gasteiger partial charge in [0.1, 0.15) is 30.2 Å². The van der Waals surface area contributed by atoms with Crippen molar-refractivity contribution in [3.8, 4) is 11.8 Å². The van der Waals surface area contributed by atoms with E-state index in [0.717, 1.165) is 16.9 Å². The van der Waals surface area contributed by atoms with Gasteiger partial charge in [-0.1, -0.05) is 24.3 Å². The molecule has 4 atom stereocenters. The molecular weight excluding hydrogens is 382 g/mol. The van der Waals surface area contributed by atoms with Crippen molar-refractivity contribution in [3.05, 3.63) is 64.7 Å². The van der Waals surface area contributed by atoms with Crippen molar-refractivity contribution in [1.82, 2.24) is 0 Å². The lowest BCUT2D eigenvalue weighted by Gasteiger charge is -2.41. The van der Waals surface area contributed by atoms with Gasteiger partial charge in [-0.2, -0.15) is 5.26 Å². The van der Waals surface area contributed by atoms with E-state index >= 15 is 0 Å². The van der Waals surface area contributed by atoms with Crippen molar-refractivity contribution in [3.63, 3.8) is 0 Å². The Balaban J connectivity index is 1.59. The lowest BCUT2D eigenvalue weighted by atomic mass is 9.88. The average molecular weight is 409 g/mol. The predicted molar refractivity (Wildman–Crippen MR) is 110 cm³/mol. The molecule has 0 radical (unpaired) electrons. The van der Waals surface area contributed by atoms with Crippen molar-refractivity contribution in [2.45, 2.75) is 69.2 Å². The zero-order chi connectivity index (χ0) is 21.5. The van der Waals surface area contributed by atoms with Gasteiger partial charge in [-0.05, 0) is 68.0 Å². The second-order valence-corrected chi connectivity index (χ2v) is 8.54. The summed E-state index contributed by atoms with van der Waals surface area (Å²) < 4.78 is 11.7. The molecule has 1 aliphatic carbocycles. The maximum atomic E-state index is 10.5. The molecule has 30 heavy (non-hydrogen) atoms. The molecule has 6 nitrogen and oxygen atoms in total. The molecule has 1 aliphatic heterocycles. The summed E-state index contributed by atoms with van der Waals surface area (Å²) in [4.78, 5) is 0. The summed E-state index contributed by atoms with van der Waals surface area (Å²) in [5, 5.41) is 40.6. The molecule has 0 amide bonds. The third kappa shape index (κ3) is 3.94. The second kappa shape index (κ2) is 8.01. The number of ether oxygens (including phenoxy) is 2. The molecule has 2 aliphatic rings. The molecule has 3 N–H and O–H groups in total. The first-order chi connectivity index (χ1) is 14.3. The standard InChI is InChI=1S/C24H27NO5/c1-14(2)29-19-7-3-15(4-8-19)11-18-12-16(5-6-17(18)13-25)22-20(26)21(27)23(28)24(30-22)9-10-24/h3-8,12,14,20-23,26-28H,9-11H2,1-2H3/t20-,21-,22+,23+/m1/s1. The highest BCUT2D eigenvalue weighted by Gasteiger charge is 2.60.